The van der Waals surface area contributed by atoms with Crippen LogP contribution in [0.3, 0.4) is 0 Å². The molecule has 0 bridgehead atoms. The molecule has 0 unspecified atom stereocenters. The van der Waals surface area contributed by atoms with Gasteiger partial charge in [0.1, 0.15) is 11.5 Å². The largest absolute Gasteiger partial charge is 0.584 e. The van der Waals surface area contributed by atoms with Crippen LogP contribution in [0.1, 0.15) is 11.1 Å². The molecule has 0 atom stereocenters. The van der Waals surface area contributed by atoms with E-state index in [0.717, 1.165) is 11.1 Å². The predicted molar refractivity (Wildman–Crippen MR) is 83.5 cm³/mol. The van der Waals surface area contributed by atoms with E-state index in [0.29, 0.717) is 10.0 Å². The highest BCUT2D eigenvalue weighted by atomic mass is 35.5. The number of aryl methyl sites for hydroxylation is 2. The highest BCUT2D eigenvalue weighted by Gasteiger charge is 2.25. The number of phosphoric acid groups is 1. The van der Waals surface area contributed by atoms with Crippen molar-refractivity contribution in [3.8, 4) is 11.5 Å². The first-order valence-electron chi connectivity index (χ1n) is 6.01. The van der Waals surface area contributed by atoms with E-state index >= 15 is 0 Å². The SMILES string of the molecule is Cc1cc(OP(=O)(O)Oc2ccc(Cl)c(C)c2)ccc1Cl. The molecule has 4 nitrogen and oxygen atoms in total. The Kier molecular flexibility index (Phi) is 4.84. The highest BCUT2D eigenvalue weighted by molar-refractivity contribution is 7.48. The normalized spacial score (nSPS) is 11.3. The molecule has 0 fully saturated rings. The Morgan fingerprint density at radius 1 is 0.905 bits per heavy atom. The molecule has 21 heavy (non-hydrogen) atoms. The molecule has 1 N–H and O–H groups in total. The van der Waals surface area contributed by atoms with E-state index in [1.54, 1.807) is 38.1 Å². The summed E-state index contributed by atoms with van der Waals surface area (Å²) in [7, 11) is -4.29. The van der Waals surface area contributed by atoms with Crippen LogP contribution < -0.4 is 9.05 Å². The monoisotopic (exact) mass is 346 g/mol. The molecule has 2 rings (SSSR count). The van der Waals surface area contributed by atoms with Crippen LogP contribution in [0.4, 0.5) is 0 Å². The van der Waals surface area contributed by atoms with Crippen molar-refractivity contribution in [2.75, 3.05) is 0 Å². The van der Waals surface area contributed by atoms with E-state index in [9.17, 15) is 9.46 Å². The van der Waals surface area contributed by atoms with Crippen LogP contribution in [0.5, 0.6) is 11.5 Å². The molecule has 0 aliphatic carbocycles. The summed E-state index contributed by atoms with van der Waals surface area (Å²) >= 11 is 11.8. The van der Waals surface area contributed by atoms with E-state index < -0.39 is 7.82 Å². The van der Waals surface area contributed by atoms with Gasteiger partial charge in [-0.05, 0) is 61.4 Å². The van der Waals surface area contributed by atoms with Crippen LogP contribution in [-0.4, -0.2) is 4.89 Å². The minimum Gasteiger partial charge on any atom is -0.395 e. The summed E-state index contributed by atoms with van der Waals surface area (Å²) in [5.74, 6) is 0.404. The Hall–Kier alpha value is -1.19. The van der Waals surface area contributed by atoms with Crippen molar-refractivity contribution in [2.45, 2.75) is 13.8 Å². The first-order chi connectivity index (χ1) is 9.77. The van der Waals surface area contributed by atoms with Gasteiger partial charge in [0.05, 0.1) is 0 Å². The quantitative estimate of drug-likeness (QED) is 0.776. The van der Waals surface area contributed by atoms with Crippen molar-refractivity contribution in [3.05, 3.63) is 57.6 Å². The average molecular weight is 347 g/mol. The lowest BCUT2D eigenvalue weighted by Gasteiger charge is -2.15. The zero-order valence-electron chi connectivity index (χ0n) is 11.3. The van der Waals surface area contributed by atoms with Gasteiger partial charge in [-0.25, -0.2) is 4.57 Å². The van der Waals surface area contributed by atoms with Gasteiger partial charge in [0.15, 0.2) is 0 Å². The molecule has 0 radical (unpaired) electrons. The fourth-order valence-electron chi connectivity index (χ4n) is 1.63. The number of rotatable bonds is 4. The second-order valence-corrected chi connectivity index (χ2v) is 6.59. The molecule has 0 aromatic heterocycles. The zero-order valence-corrected chi connectivity index (χ0v) is 13.7. The topological polar surface area (TPSA) is 55.8 Å². The Morgan fingerprint density at radius 2 is 1.29 bits per heavy atom. The average Bonchev–Trinajstić information content (AvgIpc) is 2.37. The Labute approximate surface area is 132 Å². The highest BCUT2D eigenvalue weighted by Crippen LogP contribution is 2.45. The van der Waals surface area contributed by atoms with Gasteiger partial charge in [-0.2, -0.15) is 0 Å². The zero-order chi connectivity index (χ0) is 15.6. The van der Waals surface area contributed by atoms with E-state index in [1.165, 1.54) is 12.1 Å². The fraction of sp³-hybridized carbons (Fsp3) is 0.143. The number of phosphoric ester groups is 1. The summed E-state index contributed by atoms with van der Waals surface area (Å²) in [5, 5.41) is 1.09. The molecule has 7 heteroatoms. The van der Waals surface area contributed by atoms with Crippen LogP contribution in [0.2, 0.25) is 10.0 Å². The van der Waals surface area contributed by atoms with Crippen molar-refractivity contribution in [1.82, 2.24) is 0 Å². The molecule has 2 aromatic carbocycles. The standard InChI is InChI=1S/C14H13Cl2O4P/c1-9-7-11(3-5-13(9)15)19-21(17,18)20-12-4-6-14(16)10(2)8-12/h3-8H,1-2H3,(H,17,18). The van der Waals surface area contributed by atoms with E-state index in [1.807, 2.05) is 0 Å². The van der Waals surface area contributed by atoms with Crippen LogP contribution >= 0.6 is 31.0 Å². The smallest absolute Gasteiger partial charge is 0.395 e. The van der Waals surface area contributed by atoms with Gasteiger partial charge in [0, 0.05) is 10.0 Å². The summed E-state index contributed by atoms with van der Waals surface area (Å²) in [6.45, 7) is 3.53. The maximum absolute atomic E-state index is 12.0. The Morgan fingerprint density at radius 3 is 1.62 bits per heavy atom. The van der Waals surface area contributed by atoms with Gasteiger partial charge >= 0.3 is 7.82 Å². The molecule has 112 valence electrons. The van der Waals surface area contributed by atoms with Crippen LogP contribution in [0, 0.1) is 13.8 Å². The van der Waals surface area contributed by atoms with Crippen LogP contribution in [-0.2, 0) is 4.57 Å². The Balaban J connectivity index is 2.15. The lowest BCUT2D eigenvalue weighted by Crippen LogP contribution is -2.00. The molecular formula is C14H13Cl2O4P. The van der Waals surface area contributed by atoms with Gasteiger partial charge < -0.3 is 9.05 Å². The number of hydrogen-bond acceptors (Lipinski definition) is 3. The van der Waals surface area contributed by atoms with Crippen molar-refractivity contribution >= 4 is 31.0 Å². The third-order valence-corrected chi connectivity index (χ3v) is 4.43. The Bertz CT molecular complexity index is 661. The van der Waals surface area contributed by atoms with Crippen molar-refractivity contribution < 1.29 is 18.5 Å². The van der Waals surface area contributed by atoms with Crippen LogP contribution in [0.15, 0.2) is 36.4 Å². The molecular weight excluding hydrogens is 334 g/mol. The first kappa shape index (κ1) is 16.2. The van der Waals surface area contributed by atoms with Crippen LogP contribution in [0.25, 0.3) is 0 Å². The third-order valence-electron chi connectivity index (χ3n) is 2.70. The number of halogens is 2. The van der Waals surface area contributed by atoms with E-state index in [-0.39, 0.29) is 11.5 Å². The maximum Gasteiger partial charge on any atom is 0.584 e. The molecule has 2 aromatic rings. The van der Waals surface area contributed by atoms with Gasteiger partial charge in [-0.1, -0.05) is 23.2 Å². The van der Waals surface area contributed by atoms with Gasteiger partial charge in [-0.15, -0.1) is 0 Å². The fourth-order valence-corrected chi connectivity index (χ4v) is 2.67. The van der Waals surface area contributed by atoms with Crippen molar-refractivity contribution in [3.63, 3.8) is 0 Å². The number of benzene rings is 2. The molecule has 0 aliphatic rings. The summed E-state index contributed by atoms with van der Waals surface area (Å²) in [6.07, 6.45) is 0. The van der Waals surface area contributed by atoms with E-state index in [2.05, 4.69) is 0 Å². The molecule has 0 saturated carbocycles. The van der Waals surface area contributed by atoms with Gasteiger partial charge in [0.25, 0.3) is 0 Å². The first-order valence-corrected chi connectivity index (χ1v) is 8.26. The van der Waals surface area contributed by atoms with E-state index in [4.69, 9.17) is 32.2 Å². The third kappa shape index (κ3) is 4.39. The second kappa shape index (κ2) is 6.29. The summed E-state index contributed by atoms with van der Waals surface area (Å²) in [4.78, 5) is 9.79. The predicted octanol–water partition coefficient (Wildman–Crippen LogP) is 5.17. The summed E-state index contributed by atoms with van der Waals surface area (Å²) in [6, 6.07) is 9.27. The molecule has 0 spiro atoms. The lowest BCUT2D eigenvalue weighted by molar-refractivity contribution is 0.291. The summed E-state index contributed by atoms with van der Waals surface area (Å²) in [5.41, 5.74) is 1.47. The summed E-state index contributed by atoms with van der Waals surface area (Å²) < 4.78 is 22.0. The molecule has 0 aliphatic heterocycles. The molecule has 0 heterocycles. The second-order valence-electron chi connectivity index (χ2n) is 4.47. The lowest BCUT2D eigenvalue weighted by atomic mass is 10.2. The maximum atomic E-state index is 12.0. The number of hydrogen-bond donors (Lipinski definition) is 1. The molecule has 0 saturated heterocycles. The van der Waals surface area contributed by atoms with Gasteiger partial charge in [-0.3, -0.25) is 4.89 Å². The minimum absolute atomic E-state index is 0.202. The molecule has 0 amide bonds. The van der Waals surface area contributed by atoms with Crippen molar-refractivity contribution in [2.24, 2.45) is 0 Å². The minimum atomic E-state index is -4.29. The van der Waals surface area contributed by atoms with Crippen molar-refractivity contribution in [1.29, 1.82) is 0 Å². The van der Waals surface area contributed by atoms with Gasteiger partial charge in [0.2, 0.25) is 0 Å².